The lowest BCUT2D eigenvalue weighted by molar-refractivity contribution is -0.141. The highest BCUT2D eigenvalue weighted by Gasteiger charge is 2.37. The van der Waals surface area contributed by atoms with Crippen LogP contribution in [0, 0.1) is 77.8 Å². The van der Waals surface area contributed by atoms with E-state index in [-0.39, 0.29) is 145 Å². The number of carbonyl (C=O) groups is 4. The second-order valence-electron chi connectivity index (χ2n) is 27.8. The van der Waals surface area contributed by atoms with Gasteiger partial charge in [0.2, 0.25) is 41.9 Å². The molecule has 0 atom stereocenters. The van der Waals surface area contributed by atoms with Gasteiger partial charge in [-0.25, -0.2) is 85.5 Å². The molecule has 0 radical (unpaired) electrons. The molecular formula is C90H72BCl2F19N14O14S3. The van der Waals surface area contributed by atoms with Gasteiger partial charge in [-0.3, -0.25) is 43.7 Å². The van der Waals surface area contributed by atoms with Gasteiger partial charge in [-0.05, 0) is 146 Å². The maximum absolute atomic E-state index is 14.4. The fraction of sp³-hybridized carbons (Fsp3) is 0.156. The molecule has 8 heterocycles. The number of benzene rings is 3. The summed E-state index contributed by atoms with van der Waals surface area (Å²) in [5, 5.41) is 21.5. The van der Waals surface area contributed by atoms with Crippen LogP contribution in [0.4, 0.5) is 100 Å². The van der Waals surface area contributed by atoms with E-state index in [4.69, 9.17) is 51.4 Å². The van der Waals surface area contributed by atoms with Gasteiger partial charge in [0, 0.05) is 121 Å². The number of hydrogen-bond acceptors (Lipinski definition) is 23. The van der Waals surface area contributed by atoms with Gasteiger partial charge >= 0.3 is 43.8 Å². The predicted octanol–water partition coefficient (Wildman–Crippen LogP) is 15.4. The SMILES string of the molecule is C#Cc1cc(CN)cc(F)c1NS(C)(=O)=O.C#Cc1cc(CNC(=O)/C=C/c2ccc(C(F)(F)F)nc2-c2cnccc2F)cc(F)c1NS(C)(=O)=O.C#Cc1cc(CNC(=O)/C=C/c2ccc(C(F)(F)F)nc2-c2cnccc2F)cc(F)c1NS(C)(=O)=O.CCOC(=O)/C=C/c1ccc(C(F)(F)F)nc1-c1cnccc1F.CCOC(=O)/C=C/c1ccc(C(F)(F)F)nc1Cl.Cl.OB(O)c1cnccc1F. The Morgan fingerprint density at radius 2 is 0.699 bits per heavy atom. The van der Waals surface area contributed by atoms with Gasteiger partial charge in [-0.1, -0.05) is 47.6 Å². The smallest absolute Gasteiger partial charge is 0.463 e. The van der Waals surface area contributed by atoms with Gasteiger partial charge in [-0.15, -0.1) is 31.7 Å². The maximum Gasteiger partial charge on any atom is 0.493 e. The van der Waals surface area contributed by atoms with E-state index in [1.165, 1.54) is 42.7 Å². The van der Waals surface area contributed by atoms with E-state index < -0.39 is 161 Å². The molecule has 8 aromatic heterocycles. The highest BCUT2D eigenvalue weighted by atomic mass is 35.5. The van der Waals surface area contributed by atoms with Crippen LogP contribution in [0.5, 0.6) is 0 Å². The number of ether oxygens (including phenoxy) is 2. The fourth-order valence-corrected chi connectivity index (χ4v) is 12.9. The Bertz CT molecular complexity index is 6870. The van der Waals surface area contributed by atoms with E-state index >= 15 is 0 Å². The Morgan fingerprint density at radius 3 is 0.965 bits per heavy atom. The number of esters is 2. The molecule has 0 unspecified atom stereocenters. The molecule has 2 amide bonds. The minimum Gasteiger partial charge on any atom is -0.463 e. The average molecular weight is 2110 g/mol. The van der Waals surface area contributed by atoms with Crippen LogP contribution < -0.4 is 36.0 Å². The molecule has 9 N–H and O–H groups in total. The molecular weight excluding hydrogens is 2040 g/mol. The lowest BCUT2D eigenvalue weighted by Gasteiger charge is -2.12. The summed E-state index contributed by atoms with van der Waals surface area (Å²) in [6, 6.07) is 18.4. The normalized spacial score (nSPS) is 11.4. The average Bonchev–Trinajstić information content (AvgIpc) is 0.802. The Balaban J connectivity index is 0.000000316. The minimum atomic E-state index is -4.79. The summed E-state index contributed by atoms with van der Waals surface area (Å²) in [6.07, 6.45) is 17.2. The van der Waals surface area contributed by atoms with Crippen molar-refractivity contribution >= 4 is 132 Å². The van der Waals surface area contributed by atoms with Crippen molar-refractivity contribution in [3.05, 3.63) is 307 Å². The van der Waals surface area contributed by atoms with Crippen molar-refractivity contribution in [2.24, 2.45) is 5.73 Å². The topological polar surface area (TPSA) is 419 Å². The summed E-state index contributed by atoms with van der Waals surface area (Å²) in [6.45, 7) is 3.30. The van der Waals surface area contributed by atoms with Crippen molar-refractivity contribution in [1.29, 1.82) is 0 Å². The third-order valence-corrected chi connectivity index (χ3v) is 19.1. The van der Waals surface area contributed by atoms with E-state index in [1.807, 2.05) is 14.2 Å². The molecule has 53 heteroatoms. The van der Waals surface area contributed by atoms with Crippen LogP contribution in [0.15, 0.2) is 183 Å². The third-order valence-electron chi connectivity index (χ3n) is 17.1. The van der Waals surface area contributed by atoms with Crippen LogP contribution in [0.2, 0.25) is 5.15 Å². The number of sulfonamides is 3. The highest BCUT2D eigenvalue weighted by molar-refractivity contribution is 7.92. The number of alkyl halides is 12. The quantitative estimate of drug-likeness (QED) is 0.00658. The van der Waals surface area contributed by atoms with Gasteiger partial charge in [0.15, 0.2) is 0 Å². The summed E-state index contributed by atoms with van der Waals surface area (Å²) in [5.74, 6) is -2.00. The van der Waals surface area contributed by atoms with Crippen molar-refractivity contribution in [3.63, 3.8) is 0 Å². The first kappa shape index (κ1) is 118. The first-order chi connectivity index (χ1) is 66.3. The standard InChI is InChI=1S/2C24H17F5N4O3S.C16H12F4N2O2.C11H9ClF3NO2.C10H11FN2O2S.C5H5BFNO2.ClH/c2*1-3-15-10-14(11-19(26)23(15)33-37(2,35)36)12-31-21(34)7-5-16-4-6-20(24(27,28)29)32-22(16)17-13-30-9-8-18(17)25;1-2-24-14(23)6-4-10-3-5-13(16(18,19)20)22-15(10)11-9-21-8-7-12(11)17;1-2-18-9(17)6-4-7-3-5-8(11(13,14)15)16-10(7)12;1-3-8-4-7(6-12)5-9(11)10(8)13-16(2,14)15;7-5-1-2-8-3-4(5)6(9)10;/h2*1,4-11,13,33H,12H2,2H3,(H,31,34);3-9H,2H2,1H3;3-6H,2H2,1H3;1,4-5,13H,6,12H2,2H3;1-3,9-10H;1H/b2*7-5+;2*6-4+;;;. The van der Waals surface area contributed by atoms with Crippen LogP contribution >= 0.6 is 24.0 Å². The molecule has 143 heavy (non-hydrogen) atoms. The second-order valence-corrected chi connectivity index (χ2v) is 33.4. The molecule has 0 saturated carbocycles. The molecule has 754 valence electrons. The fourth-order valence-electron chi connectivity index (χ4n) is 10.9. The number of rotatable bonds is 25. The summed E-state index contributed by atoms with van der Waals surface area (Å²) in [7, 11) is -13.0. The summed E-state index contributed by atoms with van der Waals surface area (Å²) in [4.78, 5) is 75.3. The van der Waals surface area contributed by atoms with Crippen molar-refractivity contribution in [3.8, 4) is 70.8 Å². The van der Waals surface area contributed by atoms with E-state index in [0.29, 0.717) is 17.7 Å². The number of nitrogens with two attached hydrogens (primary N) is 1. The zero-order valence-electron chi connectivity index (χ0n) is 73.6. The number of nitrogens with one attached hydrogen (secondary N) is 5. The highest BCUT2D eigenvalue weighted by Crippen LogP contribution is 2.38. The lowest BCUT2D eigenvalue weighted by atomic mass is 9.81. The zero-order valence-corrected chi connectivity index (χ0v) is 77.6. The minimum absolute atomic E-state index is 0. The number of halogens is 21. The van der Waals surface area contributed by atoms with Crippen molar-refractivity contribution < 1.29 is 147 Å². The number of hydrogen-bond donors (Lipinski definition) is 8. The molecule has 0 aliphatic heterocycles. The first-order valence-corrected chi connectivity index (χ1v) is 45.2. The largest absolute Gasteiger partial charge is 0.493 e. The summed E-state index contributed by atoms with van der Waals surface area (Å²) >= 11 is 5.58. The van der Waals surface area contributed by atoms with E-state index in [2.05, 4.69) is 73.0 Å². The number of amides is 2. The molecule has 0 aliphatic carbocycles. The molecule has 11 rings (SSSR count). The monoisotopic (exact) mass is 2110 g/mol. The lowest BCUT2D eigenvalue weighted by Crippen LogP contribution is -2.32. The van der Waals surface area contributed by atoms with Crippen LogP contribution in [0.1, 0.15) is 92.3 Å². The van der Waals surface area contributed by atoms with Crippen LogP contribution in [-0.4, -0.2) is 138 Å². The van der Waals surface area contributed by atoms with Gasteiger partial charge in [0.1, 0.15) is 68.6 Å². The number of aromatic nitrogens is 8. The van der Waals surface area contributed by atoms with Gasteiger partial charge in [0.05, 0.1) is 99.5 Å². The maximum atomic E-state index is 14.4. The molecule has 0 saturated heterocycles. The first-order valence-electron chi connectivity index (χ1n) is 39.2. The second kappa shape index (κ2) is 52.9. The van der Waals surface area contributed by atoms with Crippen LogP contribution in [0.25, 0.3) is 58.1 Å². The number of terminal acetylenes is 3. The number of pyridine rings is 8. The molecule has 3 aromatic carbocycles. The van der Waals surface area contributed by atoms with Gasteiger partial charge in [-0.2, -0.15) is 52.7 Å². The summed E-state index contributed by atoms with van der Waals surface area (Å²) < 4.78 is 335. The summed E-state index contributed by atoms with van der Waals surface area (Å²) in [5.41, 5.74) is -1.28. The molecule has 28 nitrogen and oxygen atoms in total. The van der Waals surface area contributed by atoms with E-state index in [9.17, 15) is 128 Å². The Kier molecular flexibility index (Phi) is 43.8. The zero-order chi connectivity index (χ0) is 106. The van der Waals surface area contributed by atoms with Crippen LogP contribution in [-0.2, 0) is 103 Å². The number of nitrogens with zero attached hydrogens (tertiary/aromatic N) is 8. The van der Waals surface area contributed by atoms with Crippen molar-refractivity contribution in [1.82, 2.24) is 50.5 Å². The van der Waals surface area contributed by atoms with E-state index in [0.717, 1.165) is 171 Å². The van der Waals surface area contributed by atoms with Crippen molar-refractivity contribution in [2.75, 3.05) is 46.1 Å². The predicted molar refractivity (Wildman–Crippen MR) is 492 cm³/mol. The third kappa shape index (κ3) is 38.1. The Labute approximate surface area is 813 Å². The molecule has 0 bridgehead atoms. The Hall–Kier alpha value is -15.2. The van der Waals surface area contributed by atoms with Gasteiger partial charge < -0.3 is 35.9 Å². The molecule has 0 aliphatic rings. The number of carbonyl (C=O) groups excluding carboxylic acids is 4. The van der Waals surface area contributed by atoms with E-state index in [1.54, 1.807) is 13.8 Å². The molecule has 0 spiro atoms. The van der Waals surface area contributed by atoms with Gasteiger partial charge in [0.25, 0.3) is 0 Å². The van der Waals surface area contributed by atoms with Crippen LogP contribution in [0.3, 0.4) is 0 Å². The number of anilines is 3. The molecule has 11 aromatic rings. The Morgan fingerprint density at radius 1 is 0.420 bits per heavy atom. The molecule has 0 fully saturated rings. The van der Waals surface area contributed by atoms with Crippen molar-refractivity contribution in [2.45, 2.75) is 58.2 Å².